The van der Waals surface area contributed by atoms with Crippen LogP contribution in [0.1, 0.15) is 19.4 Å². The number of hydrogen-bond donors (Lipinski definition) is 2. The number of hydrogen-bond acceptors (Lipinski definition) is 3. The van der Waals surface area contributed by atoms with Crippen LogP contribution in [0.4, 0.5) is 16.3 Å². The molecular weight excluding hydrogens is 521 g/mol. The summed E-state index contributed by atoms with van der Waals surface area (Å²) in [6, 6.07) is 23.7. The van der Waals surface area contributed by atoms with E-state index in [1.807, 2.05) is 75.4 Å². The summed E-state index contributed by atoms with van der Waals surface area (Å²) < 4.78 is 1.60. The van der Waals surface area contributed by atoms with Crippen molar-refractivity contribution in [3.63, 3.8) is 0 Å². The van der Waals surface area contributed by atoms with Crippen LogP contribution in [0.2, 0.25) is 10.0 Å². The third-order valence-corrected chi connectivity index (χ3v) is 6.53. The zero-order valence-electron chi connectivity index (χ0n) is 21.4. The molecule has 0 saturated heterocycles. The summed E-state index contributed by atoms with van der Waals surface area (Å²) in [6.45, 7) is 6.19. The third-order valence-electron chi connectivity index (χ3n) is 5.79. The van der Waals surface area contributed by atoms with Crippen molar-refractivity contribution >= 4 is 46.6 Å². The van der Waals surface area contributed by atoms with Crippen molar-refractivity contribution in [1.29, 1.82) is 0 Å². The Morgan fingerprint density at radius 1 is 0.921 bits per heavy atom. The van der Waals surface area contributed by atoms with Crippen LogP contribution in [0.15, 0.2) is 78.9 Å². The van der Waals surface area contributed by atoms with E-state index in [2.05, 4.69) is 10.6 Å². The first kappa shape index (κ1) is 27.2. The summed E-state index contributed by atoms with van der Waals surface area (Å²) in [5, 5.41) is 11.3. The van der Waals surface area contributed by atoms with Gasteiger partial charge in [-0.2, -0.15) is 5.10 Å². The van der Waals surface area contributed by atoms with E-state index in [1.54, 1.807) is 28.9 Å². The molecule has 3 aromatic carbocycles. The molecule has 4 rings (SSSR count). The molecule has 0 fully saturated rings. The van der Waals surface area contributed by atoms with Crippen molar-refractivity contribution in [3.05, 3.63) is 94.5 Å². The van der Waals surface area contributed by atoms with E-state index in [9.17, 15) is 9.59 Å². The Morgan fingerprint density at radius 2 is 1.63 bits per heavy atom. The lowest BCUT2D eigenvalue weighted by atomic mass is 10.1. The maximum absolute atomic E-state index is 13.3. The van der Waals surface area contributed by atoms with Crippen molar-refractivity contribution in [1.82, 2.24) is 14.7 Å². The molecule has 0 saturated carbocycles. The average molecular weight is 550 g/mol. The van der Waals surface area contributed by atoms with E-state index in [4.69, 9.17) is 28.3 Å². The summed E-state index contributed by atoms with van der Waals surface area (Å²) in [5.41, 5.74) is 3.84. The number of anilines is 2. The highest BCUT2D eigenvalue weighted by Gasteiger charge is 2.21. The van der Waals surface area contributed by atoms with Gasteiger partial charge < -0.3 is 15.5 Å². The summed E-state index contributed by atoms with van der Waals surface area (Å²) in [6.07, 6.45) is 0. The van der Waals surface area contributed by atoms with Crippen LogP contribution in [0.3, 0.4) is 0 Å². The van der Waals surface area contributed by atoms with Crippen molar-refractivity contribution in [2.75, 3.05) is 23.7 Å². The van der Waals surface area contributed by atoms with Crippen LogP contribution in [0, 0.1) is 12.8 Å². The van der Waals surface area contributed by atoms with Gasteiger partial charge in [0, 0.05) is 23.9 Å². The van der Waals surface area contributed by atoms with E-state index in [1.165, 1.54) is 4.90 Å². The Balaban J connectivity index is 1.59. The highest BCUT2D eigenvalue weighted by atomic mass is 35.5. The molecule has 0 unspecified atom stereocenters. The number of amides is 3. The van der Waals surface area contributed by atoms with Crippen molar-refractivity contribution in [2.45, 2.75) is 20.8 Å². The Hall–Kier alpha value is -3.81. The predicted octanol–water partition coefficient (Wildman–Crippen LogP) is 7.28. The first-order valence-corrected chi connectivity index (χ1v) is 13.0. The number of urea groups is 1. The molecule has 0 radical (unpaired) electrons. The number of aromatic nitrogens is 2. The first-order valence-electron chi connectivity index (χ1n) is 12.2. The smallest absolute Gasteiger partial charge is 0.315 e. The van der Waals surface area contributed by atoms with Gasteiger partial charge in [0.2, 0.25) is 5.91 Å². The van der Waals surface area contributed by atoms with E-state index in [-0.39, 0.29) is 24.4 Å². The van der Waals surface area contributed by atoms with Crippen molar-refractivity contribution < 1.29 is 9.59 Å². The predicted molar refractivity (Wildman–Crippen MR) is 154 cm³/mol. The normalized spacial score (nSPS) is 10.9. The molecule has 9 heteroatoms. The highest BCUT2D eigenvalue weighted by molar-refractivity contribution is 6.42. The molecule has 1 heterocycles. The van der Waals surface area contributed by atoms with Gasteiger partial charge in [-0.15, -0.1) is 0 Å². The van der Waals surface area contributed by atoms with E-state index >= 15 is 0 Å². The Labute approximate surface area is 232 Å². The number of para-hydroxylation sites is 1. The monoisotopic (exact) mass is 549 g/mol. The maximum atomic E-state index is 13.3. The molecule has 7 nitrogen and oxygen atoms in total. The van der Waals surface area contributed by atoms with Crippen LogP contribution in [-0.4, -0.2) is 39.7 Å². The zero-order valence-corrected chi connectivity index (χ0v) is 22.9. The lowest BCUT2D eigenvalue weighted by molar-refractivity contribution is -0.116. The summed E-state index contributed by atoms with van der Waals surface area (Å²) in [7, 11) is 0. The van der Waals surface area contributed by atoms with Gasteiger partial charge in [-0.25, -0.2) is 9.48 Å². The van der Waals surface area contributed by atoms with Gasteiger partial charge in [0.25, 0.3) is 0 Å². The highest BCUT2D eigenvalue weighted by Crippen LogP contribution is 2.29. The van der Waals surface area contributed by atoms with Crippen molar-refractivity contribution in [3.8, 4) is 16.9 Å². The molecule has 0 spiro atoms. The number of halogens is 2. The van der Waals surface area contributed by atoms with Crippen LogP contribution in [0.5, 0.6) is 0 Å². The lowest BCUT2D eigenvalue weighted by Crippen LogP contribution is -2.42. The number of nitrogens with zero attached hydrogens (tertiary/aromatic N) is 3. The maximum Gasteiger partial charge on any atom is 0.322 e. The fraction of sp³-hybridized carbons (Fsp3) is 0.207. The van der Waals surface area contributed by atoms with Crippen LogP contribution in [0.25, 0.3) is 16.9 Å². The Kier molecular flexibility index (Phi) is 8.71. The minimum absolute atomic E-state index is 0.136. The molecular formula is C29H29Cl2N5O2. The summed E-state index contributed by atoms with van der Waals surface area (Å²) in [5.74, 6) is 0.249. The fourth-order valence-corrected chi connectivity index (χ4v) is 4.25. The molecule has 1 aromatic heterocycles. The van der Waals surface area contributed by atoms with Crippen LogP contribution < -0.4 is 10.6 Å². The van der Waals surface area contributed by atoms with Gasteiger partial charge in [-0.3, -0.25) is 4.79 Å². The van der Waals surface area contributed by atoms with Gasteiger partial charge in [0.1, 0.15) is 12.4 Å². The number of aryl methyl sites for hydroxylation is 1. The number of nitrogens with one attached hydrogen (secondary N) is 2. The second-order valence-corrected chi connectivity index (χ2v) is 10.2. The first-order chi connectivity index (χ1) is 18.2. The largest absolute Gasteiger partial charge is 0.322 e. The molecule has 196 valence electrons. The SMILES string of the molecule is Cc1ccccc1NC(=O)N(CC(=O)Nc1cc(-c2ccccc2)nn1-c1ccc(Cl)c(Cl)c1)CC(C)C. The number of carbonyl (C=O) groups excluding carboxylic acids is 2. The zero-order chi connectivity index (χ0) is 27.2. The quantitative estimate of drug-likeness (QED) is 0.242. The van der Waals surface area contributed by atoms with Gasteiger partial charge in [-0.05, 0) is 42.7 Å². The van der Waals surface area contributed by atoms with Gasteiger partial charge in [0.05, 0.1) is 21.4 Å². The van der Waals surface area contributed by atoms with Crippen molar-refractivity contribution in [2.24, 2.45) is 5.92 Å². The number of carbonyl (C=O) groups is 2. The number of benzene rings is 3. The fourth-order valence-electron chi connectivity index (χ4n) is 3.96. The standard InChI is InChI=1S/C29H29Cl2N5O2/c1-19(2)17-35(29(38)32-25-12-8-7-9-20(25)3)18-28(37)33-27-16-26(21-10-5-4-6-11-21)34-36(27)22-13-14-23(30)24(31)15-22/h4-16,19H,17-18H2,1-3H3,(H,32,38)(H,33,37). The molecule has 0 atom stereocenters. The average Bonchev–Trinajstić information content (AvgIpc) is 3.30. The molecule has 0 aliphatic carbocycles. The van der Waals surface area contributed by atoms with Gasteiger partial charge in [0.15, 0.2) is 0 Å². The second kappa shape index (κ2) is 12.2. The number of rotatable bonds is 8. The Bertz CT molecular complexity index is 1440. The molecule has 0 bridgehead atoms. The minimum atomic E-state index is -0.355. The van der Waals surface area contributed by atoms with Gasteiger partial charge in [-0.1, -0.05) is 85.6 Å². The molecule has 3 amide bonds. The molecule has 2 N–H and O–H groups in total. The topological polar surface area (TPSA) is 79.3 Å². The van der Waals surface area contributed by atoms with E-state index in [0.29, 0.717) is 39.5 Å². The van der Waals surface area contributed by atoms with E-state index in [0.717, 1.165) is 11.1 Å². The van der Waals surface area contributed by atoms with Gasteiger partial charge >= 0.3 is 6.03 Å². The van der Waals surface area contributed by atoms with E-state index < -0.39 is 0 Å². The second-order valence-electron chi connectivity index (χ2n) is 9.36. The third kappa shape index (κ3) is 6.73. The molecule has 0 aliphatic rings. The molecule has 38 heavy (non-hydrogen) atoms. The molecule has 0 aliphatic heterocycles. The minimum Gasteiger partial charge on any atom is -0.315 e. The summed E-state index contributed by atoms with van der Waals surface area (Å²) >= 11 is 12.4. The summed E-state index contributed by atoms with van der Waals surface area (Å²) in [4.78, 5) is 27.9. The Morgan fingerprint density at radius 3 is 2.32 bits per heavy atom. The van der Waals surface area contributed by atoms with Crippen LogP contribution in [-0.2, 0) is 4.79 Å². The van der Waals surface area contributed by atoms with Crippen LogP contribution >= 0.6 is 23.2 Å². The molecule has 4 aromatic rings. The lowest BCUT2D eigenvalue weighted by Gasteiger charge is -2.25.